The molecule has 0 unspecified atom stereocenters. The molecule has 0 N–H and O–H groups in total. The third-order valence-electron chi connectivity index (χ3n) is 3.29. The van der Waals surface area contributed by atoms with Crippen LogP contribution in [0.15, 0.2) is 24.5 Å². The van der Waals surface area contributed by atoms with E-state index in [1.807, 2.05) is 0 Å². The molecule has 0 saturated heterocycles. The third kappa shape index (κ3) is 2.70. The molecule has 1 aromatic heterocycles. The number of aromatic nitrogens is 1. The van der Waals surface area contributed by atoms with Gasteiger partial charge in [-0.3, -0.25) is 14.6 Å². The van der Waals surface area contributed by atoms with Gasteiger partial charge in [0.1, 0.15) is 5.78 Å². The SMILES string of the molecule is CN(C(=O)c1cccnc1)C1CCC(=O)CC1. The Kier molecular flexibility index (Phi) is 3.52. The lowest BCUT2D eigenvalue weighted by Gasteiger charge is -2.30. The number of hydrogen-bond acceptors (Lipinski definition) is 3. The van der Waals surface area contributed by atoms with Crippen molar-refractivity contribution in [3.63, 3.8) is 0 Å². The van der Waals surface area contributed by atoms with Crippen LogP contribution in [0, 0.1) is 0 Å². The topological polar surface area (TPSA) is 50.3 Å². The summed E-state index contributed by atoms with van der Waals surface area (Å²) in [5, 5.41) is 0. The van der Waals surface area contributed by atoms with Gasteiger partial charge >= 0.3 is 0 Å². The highest BCUT2D eigenvalue weighted by atomic mass is 16.2. The van der Waals surface area contributed by atoms with Gasteiger partial charge in [-0.15, -0.1) is 0 Å². The first-order valence-corrected chi connectivity index (χ1v) is 5.87. The quantitative estimate of drug-likeness (QED) is 0.779. The summed E-state index contributed by atoms with van der Waals surface area (Å²) in [6.45, 7) is 0. The molecule has 4 nitrogen and oxygen atoms in total. The van der Waals surface area contributed by atoms with Crippen molar-refractivity contribution in [2.45, 2.75) is 31.7 Å². The number of amides is 1. The number of pyridine rings is 1. The Morgan fingerprint density at radius 3 is 2.71 bits per heavy atom. The van der Waals surface area contributed by atoms with Crippen LogP contribution in [0.4, 0.5) is 0 Å². The van der Waals surface area contributed by atoms with Crippen LogP contribution in [-0.2, 0) is 4.79 Å². The predicted octanol–water partition coefficient (Wildman–Crippen LogP) is 1.67. The fourth-order valence-electron chi connectivity index (χ4n) is 2.17. The van der Waals surface area contributed by atoms with E-state index < -0.39 is 0 Å². The number of rotatable bonds is 2. The van der Waals surface area contributed by atoms with Crippen molar-refractivity contribution < 1.29 is 9.59 Å². The average Bonchev–Trinajstić information content (AvgIpc) is 2.39. The second-order valence-electron chi connectivity index (χ2n) is 4.43. The lowest BCUT2D eigenvalue weighted by Crippen LogP contribution is -2.39. The van der Waals surface area contributed by atoms with Gasteiger partial charge in [0.25, 0.3) is 5.91 Å². The molecule has 0 bridgehead atoms. The number of carbonyl (C=O) groups excluding carboxylic acids is 2. The van der Waals surface area contributed by atoms with Gasteiger partial charge in [0.2, 0.25) is 0 Å². The number of hydrogen-bond donors (Lipinski definition) is 0. The fraction of sp³-hybridized carbons (Fsp3) is 0.462. The number of ketones is 1. The van der Waals surface area contributed by atoms with E-state index in [0.29, 0.717) is 24.2 Å². The minimum absolute atomic E-state index is 0.0163. The molecule has 0 aromatic carbocycles. The van der Waals surface area contributed by atoms with Crippen LogP contribution in [0.2, 0.25) is 0 Å². The van der Waals surface area contributed by atoms with Crippen molar-refractivity contribution in [2.75, 3.05) is 7.05 Å². The zero-order valence-corrected chi connectivity index (χ0v) is 9.93. The van der Waals surface area contributed by atoms with Crippen LogP contribution < -0.4 is 0 Å². The second-order valence-corrected chi connectivity index (χ2v) is 4.43. The van der Waals surface area contributed by atoms with Crippen LogP contribution in [0.5, 0.6) is 0 Å². The summed E-state index contributed by atoms with van der Waals surface area (Å²) in [5.41, 5.74) is 0.604. The van der Waals surface area contributed by atoms with Crippen LogP contribution in [-0.4, -0.2) is 34.7 Å². The van der Waals surface area contributed by atoms with Gasteiger partial charge in [-0.25, -0.2) is 0 Å². The monoisotopic (exact) mass is 232 g/mol. The summed E-state index contributed by atoms with van der Waals surface area (Å²) in [4.78, 5) is 29.0. The molecule has 17 heavy (non-hydrogen) atoms. The first-order valence-electron chi connectivity index (χ1n) is 5.87. The van der Waals surface area contributed by atoms with Crippen molar-refractivity contribution in [1.29, 1.82) is 0 Å². The van der Waals surface area contributed by atoms with E-state index in [1.54, 1.807) is 36.5 Å². The lowest BCUT2D eigenvalue weighted by atomic mass is 9.93. The van der Waals surface area contributed by atoms with Crippen molar-refractivity contribution >= 4 is 11.7 Å². The standard InChI is InChI=1S/C13H16N2O2/c1-15(11-4-6-12(16)7-5-11)13(17)10-3-2-8-14-9-10/h2-3,8-9,11H,4-7H2,1H3. The Balaban J connectivity index is 2.03. The molecule has 4 heteroatoms. The Bertz CT molecular complexity index is 407. The average molecular weight is 232 g/mol. The largest absolute Gasteiger partial charge is 0.339 e. The molecule has 0 spiro atoms. The maximum absolute atomic E-state index is 12.1. The van der Waals surface area contributed by atoms with Crippen LogP contribution >= 0.6 is 0 Å². The van der Waals surface area contributed by atoms with E-state index in [-0.39, 0.29) is 11.9 Å². The predicted molar refractivity (Wildman–Crippen MR) is 63.6 cm³/mol. The summed E-state index contributed by atoms with van der Waals surface area (Å²) in [7, 11) is 1.80. The Morgan fingerprint density at radius 2 is 2.12 bits per heavy atom. The highest BCUT2D eigenvalue weighted by Crippen LogP contribution is 2.20. The molecule has 0 aliphatic heterocycles. The van der Waals surface area contributed by atoms with Crippen LogP contribution in [0.25, 0.3) is 0 Å². The highest BCUT2D eigenvalue weighted by molar-refractivity contribution is 5.94. The van der Waals surface area contributed by atoms with E-state index in [4.69, 9.17) is 0 Å². The molecular formula is C13H16N2O2. The van der Waals surface area contributed by atoms with Crippen molar-refractivity contribution in [3.8, 4) is 0 Å². The zero-order chi connectivity index (χ0) is 12.3. The molecule has 1 aliphatic carbocycles. The van der Waals surface area contributed by atoms with Crippen LogP contribution in [0.1, 0.15) is 36.0 Å². The molecule has 1 aromatic rings. The molecule has 1 aliphatic rings. The Labute approximate surface area is 101 Å². The van der Waals surface area contributed by atoms with Gasteiger partial charge in [0.15, 0.2) is 0 Å². The van der Waals surface area contributed by atoms with Gasteiger partial charge in [-0.05, 0) is 25.0 Å². The number of nitrogens with zero attached hydrogens (tertiary/aromatic N) is 2. The maximum Gasteiger partial charge on any atom is 0.255 e. The van der Waals surface area contributed by atoms with Gasteiger partial charge in [-0.2, -0.15) is 0 Å². The van der Waals surface area contributed by atoms with Crippen LogP contribution in [0.3, 0.4) is 0 Å². The first kappa shape index (κ1) is 11.8. The fourth-order valence-corrected chi connectivity index (χ4v) is 2.17. The summed E-state index contributed by atoms with van der Waals surface area (Å²) in [5.74, 6) is 0.293. The van der Waals surface area contributed by atoms with E-state index in [2.05, 4.69) is 4.98 Å². The summed E-state index contributed by atoms with van der Waals surface area (Å²) >= 11 is 0. The third-order valence-corrected chi connectivity index (χ3v) is 3.29. The molecule has 1 heterocycles. The molecular weight excluding hydrogens is 216 g/mol. The van der Waals surface area contributed by atoms with Gasteiger partial charge in [0, 0.05) is 38.3 Å². The zero-order valence-electron chi connectivity index (χ0n) is 9.93. The van der Waals surface area contributed by atoms with Crippen molar-refractivity contribution in [2.24, 2.45) is 0 Å². The summed E-state index contributed by atoms with van der Waals surface area (Å²) in [6.07, 6.45) is 5.97. The molecule has 90 valence electrons. The van der Waals surface area contributed by atoms with Gasteiger partial charge < -0.3 is 4.90 Å². The van der Waals surface area contributed by atoms with Gasteiger partial charge in [-0.1, -0.05) is 0 Å². The molecule has 1 fully saturated rings. The smallest absolute Gasteiger partial charge is 0.255 e. The normalized spacial score (nSPS) is 16.9. The summed E-state index contributed by atoms with van der Waals surface area (Å²) in [6, 6.07) is 3.70. The molecule has 2 rings (SSSR count). The molecule has 0 atom stereocenters. The van der Waals surface area contributed by atoms with Crippen molar-refractivity contribution in [1.82, 2.24) is 9.88 Å². The van der Waals surface area contributed by atoms with E-state index in [1.165, 1.54) is 0 Å². The van der Waals surface area contributed by atoms with E-state index >= 15 is 0 Å². The second kappa shape index (κ2) is 5.08. The highest BCUT2D eigenvalue weighted by Gasteiger charge is 2.25. The number of Topliss-reactive ketones (excluding diaryl/α,β-unsaturated/α-hetero) is 1. The summed E-state index contributed by atoms with van der Waals surface area (Å²) < 4.78 is 0. The Morgan fingerprint density at radius 1 is 1.41 bits per heavy atom. The minimum Gasteiger partial charge on any atom is -0.339 e. The van der Waals surface area contributed by atoms with E-state index in [0.717, 1.165) is 12.8 Å². The Hall–Kier alpha value is -1.71. The number of carbonyl (C=O) groups is 2. The van der Waals surface area contributed by atoms with E-state index in [9.17, 15) is 9.59 Å². The lowest BCUT2D eigenvalue weighted by molar-refractivity contribution is -0.121. The van der Waals surface area contributed by atoms with Crippen molar-refractivity contribution in [3.05, 3.63) is 30.1 Å². The maximum atomic E-state index is 12.1. The molecule has 0 radical (unpaired) electrons. The molecule has 1 saturated carbocycles. The van der Waals surface area contributed by atoms with Gasteiger partial charge in [0.05, 0.1) is 5.56 Å². The minimum atomic E-state index is -0.0163. The first-order chi connectivity index (χ1) is 8.18. The molecule has 1 amide bonds.